The van der Waals surface area contributed by atoms with Gasteiger partial charge in [0.1, 0.15) is 22.9 Å². The average Bonchev–Trinajstić information content (AvgIpc) is 3.45. The van der Waals surface area contributed by atoms with Crippen LogP contribution in [0.4, 0.5) is 5.69 Å². The maximum absolute atomic E-state index is 13.3. The van der Waals surface area contributed by atoms with E-state index in [0.717, 1.165) is 24.9 Å². The lowest BCUT2D eigenvalue weighted by Gasteiger charge is -2.18. The highest BCUT2D eigenvalue weighted by molar-refractivity contribution is 5.95. The molecule has 1 aromatic heterocycles. The third-order valence-corrected chi connectivity index (χ3v) is 7.06. The Morgan fingerprint density at radius 3 is 2.02 bits per heavy atom. The summed E-state index contributed by atoms with van der Waals surface area (Å²) in [5.41, 5.74) is 1.39. The van der Waals surface area contributed by atoms with Gasteiger partial charge in [-0.25, -0.2) is 0 Å². The lowest BCUT2D eigenvalue weighted by atomic mass is 9.94. The molecule has 0 bridgehead atoms. The molecule has 0 fully saturated rings. The number of nitrogens with one attached hydrogen (secondary N) is 1. The number of amides is 1. The van der Waals surface area contributed by atoms with Gasteiger partial charge < -0.3 is 19.5 Å². The summed E-state index contributed by atoms with van der Waals surface area (Å²) in [7, 11) is 4.63. The van der Waals surface area contributed by atoms with Gasteiger partial charge in [0, 0.05) is 18.6 Å². The van der Waals surface area contributed by atoms with Gasteiger partial charge in [0.25, 0.3) is 0 Å². The first-order valence-corrected chi connectivity index (χ1v) is 14.5. The summed E-state index contributed by atoms with van der Waals surface area (Å²) < 4.78 is 16.3. The van der Waals surface area contributed by atoms with Crippen molar-refractivity contribution in [3.63, 3.8) is 0 Å². The van der Waals surface area contributed by atoms with Crippen molar-refractivity contribution in [1.29, 1.82) is 0 Å². The molecule has 1 atom stereocenters. The highest BCUT2D eigenvalue weighted by Gasteiger charge is 2.25. The number of nitrogens with zero attached hydrogens (tertiary/aromatic N) is 4. The van der Waals surface area contributed by atoms with Crippen LogP contribution in [-0.2, 0) is 11.3 Å². The second-order valence-electron chi connectivity index (χ2n) is 10.0. The zero-order valence-electron chi connectivity index (χ0n) is 24.5. The van der Waals surface area contributed by atoms with E-state index < -0.39 is 0 Å². The van der Waals surface area contributed by atoms with Crippen LogP contribution < -0.4 is 19.5 Å². The minimum absolute atomic E-state index is 0.131. The Labute approximate surface area is 238 Å². The van der Waals surface area contributed by atoms with Crippen molar-refractivity contribution < 1.29 is 19.0 Å². The van der Waals surface area contributed by atoms with Crippen LogP contribution in [-0.4, -0.2) is 47.4 Å². The Balaban J connectivity index is 1.60. The number of aryl methyl sites for hydroxylation is 1. The van der Waals surface area contributed by atoms with Gasteiger partial charge in [0.2, 0.25) is 5.91 Å². The second kappa shape index (κ2) is 17.2. The first kappa shape index (κ1) is 30.9. The monoisotopic (exact) mass is 551 g/mol. The number of aromatic nitrogens is 4. The molecule has 3 rings (SSSR count). The van der Waals surface area contributed by atoms with Crippen molar-refractivity contribution in [2.45, 2.75) is 90.0 Å². The Morgan fingerprint density at radius 1 is 0.850 bits per heavy atom. The molecule has 3 aromatic rings. The van der Waals surface area contributed by atoms with Crippen LogP contribution in [0.1, 0.15) is 94.9 Å². The van der Waals surface area contributed by atoms with Crippen LogP contribution in [0.2, 0.25) is 0 Å². The van der Waals surface area contributed by atoms with E-state index in [2.05, 4.69) is 27.7 Å². The summed E-state index contributed by atoms with van der Waals surface area (Å²) in [6.07, 6.45) is 12.9. The number of methoxy groups -OCH3 is 3. The summed E-state index contributed by atoms with van der Waals surface area (Å²) >= 11 is 0. The number of hydrogen-bond donors (Lipinski definition) is 1. The number of anilines is 1. The molecule has 2 aromatic carbocycles. The highest BCUT2D eigenvalue weighted by atomic mass is 16.5. The maximum Gasteiger partial charge on any atom is 0.225 e. The zero-order valence-corrected chi connectivity index (χ0v) is 24.5. The SMILES string of the molecule is CCCCCCCCCCCCn1nnc(C(CC(=O)Nc2c(OC)cc(OC)cc2OC)c2ccccc2)n1. The summed E-state index contributed by atoms with van der Waals surface area (Å²) in [6, 6.07) is 13.2. The van der Waals surface area contributed by atoms with E-state index in [1.54, 1.807) is 24.0 Å². The minimum Gasteiger partial charge on any atom is -0.496 e. The second-order valence-corrected chi connectivity index (χ2v) is 10.0. The number of rotatable bonds is 19. The Kier molecular flexibility index (Phi) is 13.3. The standard InChI is InChI=1S/C31H45N5O4/c1-5-6-7-8-9-10-11-12-13-17-20-36-34-31(33-35-36)26(24-18-15-14-16-19-24)23-29(37)32-30-27(39-3)21-25(38-2)22-28(30)40-4/h14-16,18-19,21-22,26H,5-13,17,20,23H2,1-4H3,(H,32,37). The third-order valence-electron chi connectivity index (χ3n) is 7.06. The van der Waals surface area contributed by atoms with E-state index in [1.807, 2.05) is 30.3 Å². The summed E-state index contributed by atoms with van der Waals surface area (Å²) in [5, 5.41) is 16.3. The van der Waals surface area contributed by atoms with E-state index in [1.165, 1.54) is 65.6 Å². The van der Waals surface area contributed by atoms with Gasteiger partial charge >= 0.3 is 0 Å². The number of hydrogen-bond acceptors (Lipinski definition) is 7. The van der Waals surface area contributed by atoms with Gasteiger partial charge in [0.15, 0.2) is 5.82 Å². The van der Waals surface area contributed by atoms with E-state index in [9.17, 15) is 4.79 Å². The Hall–Kier alpha value is -3.62. The van der Waals surface area contributed by atoms with Crippen LogP contribution in [0.15, 0.2) is 42.5 Å². The summed E-state index contributed by atoms with van der Waals surface area (Å²) in [6.45, 7) is 2.97. The lowest BCUT2D eigenvalue weighted by Crippen LogP contribution is -2.18. The molecule has 0 aliphatic rings. The van der Waals surface area contributed by atoms with Gasteiger partial charge in [-0.05, 0) is 17.2 Å². The number of ether oxygens (including phenoxy) is 3. The molecule has 0 saturated heterocycles. The predicted octanol–water partition coefficient (Wildman–Crippen LogP) is 6.78. The summed E-state index contributed by atoms with van der Waals surface area (Å²) in [5.74, 6) is 1.42. The van der Waals surface area contributed by atoms with Crippen LogP contribution >= 0.6 is 0 Å². The van der Waals surface area contributed by atoms with Crippen LogP contribution in [0, 0.1) is 0 Å². The number of carbonyl (C=O) groups is 1. The topological polar surface area (TPSA) is 100 Å². The quantitative estimate of drug-likeness (QED) is 0.164. The molecule has 0 spiro atoms. The normalized spacial score (nSPS) is 11.7. The molecule has 1 N–H and O–H groups in total. The minimum atomic E-state index is -0.349. The fourth-order valence-corrected chi connectivity index (χ4v) is 4.78. The number of benzene rings is 2. The molecule has 218 valence electrons. The van der Waals surface area contributed by atoms with Gasteiger partial charge in [-0.3, -0.25) is 4.79 Å². The number of tetrazole rings is 1. The van der Waals surface area contributed by atoms with Gasteiger partial charge in [-0.15, -0.1) is 10.2 Å². The molecule has 1 unspecified atom stereocenters. The van der Waals surface area contributed by atoms with Crippen LogP contribution in [0.3, 0.4) is 0 Å². The molecular formula is C31H45N5O4. The van der Waals surface area contributed by atoms with Crippen LogP contribution in [0.5, 0.6) is 17.2 Å². The van der Waals surface area contributed by atoms with Gasteiger partial charge in [-0.2, -0.15) is 4.80 Å². The number of carbonyl (C=O) groups excluding carboxylic acids is 1. The fourth-order valence-electron chi connectivity index (χ4n) is 4.78. The molecule has 0 saturated carbocycles. The summed E-state index contributed by atoms with van der Waals surface area (Å²) in [4.78, 5) is 15.0. The lowest BCUT2D eigenvalue weighted by molar-refractivity contribution is -0.116. The molecule has 0 radical (unpaired) electrons. The zero-order chi connectivity index (χ0) is 28.6. The fraction of sp³-hybridized carbons (Fsp3) is 0.548. The predicted molar refractivity (Wildman–Crippen MR) is 157 cm³/mol. The molecule has 0 aliphatic carbocycles. The highest BCUT2D eigenvalue weighted by Crippen LogP contribution is 2.39. The van der Waals surface area contributed by atoms with Crippen molar-refractivity contribution in [2.24, 2.45) is 0 Å². The average molecular weight is 552 g/mol. The van der Waals surface area contributed by atoms with Gasteiger partial charge in [-0.1, -0.05) is 95.0 Å². The molecule has 9 nitrogen and oxygen atoms in total. The largest absolute Gasteiger partial charge is 0.496 e. The van der Waals surface area contributed by atoms with Crippen molar-refractivity contribution in [3.05, 3.63) is 53.9 Å². The van der Waals surface area contributed by atoms with E-state index >= 15 is 0 Å². The molecule has 1 heterocycles. The molecular weight excluding hydrogens is 506 g/mol. The van der Waals surface area contributed by atoms with Gasteiger partial charge in [0.05, 0.1) is 33.8 Å². The third kappa shape index (κ3) is 9.54. The van der Waals surface area contributed by atoms with Crippen molar-refractivity contribution in [3.8, 4) is 17.2 Å². The Morgan fingerprint density at radius 2 is 1.45 bits per heavy atom. The molecule has 40 heavy (non-hydrogen) atoms. The number of unbranched alkanes of at least 4 members (excludes halogenated alkanes) is 9. The van der Waals surface area contributed by atoms with E-state index in [4.69, 9.17) is 14.2 Å². The smallest absolute Gasteiger partial charge is 0.225 e. The first-order valence-electron chi connectivity index (χ1n) is 14.5. The first-order chi connectivity index (χ1) is 19.6. The molecule has 9 heteroatoms. The maximum atomic E-state index is 13.3. The van der Waals surface area contributed by atoms with Crippen molar-refractivity contribution >= 4 is 11.6 Å². The van der Waals surface area contributed by atoms with Crippen molar-refractivity contribution in [1.82, 2.24) is 20.2 Å². The van der Waals surface area contributed by atoms with Crippen LogP contribution in [0.25, 0.3) is 0 Å². The van der Waals surface area contributed by atoms with E-state index in [0.29, 0.717) is 28.8 Å². The van der Waals surface area contributed by atoms with E-state index in [-0.39, 0.29) is 18.2 Å². The Bertz CT molecular complexity index is 1130. The van der Waals surface area contributed by atoms with Crippen molar-refractivity contribution in [2.75, 3.05) is 26.6 Å². The molecule has 0 aliphatic heterocycles. The molecule has 1 amide bonds.